The standard InChI is InChI=1S/C17H15N7O2/c1-26-16-7-6-14-20-21-15(24(14)22-16)11-18-17(25)12-4-2-5-13(10-12)23-9-3-8-19-23/h2-10H,11H2,1H3,(H,18,25). The summed E-state index contributed by atoms with van der Waals surface area (Å²) in [6.07, 6.45) is 3.50. The summed E-state index contributed by atoms with van der Waals surface area (Å²) in [4.78, 5) is 12.5. The molecule has 3 heterocycles. The Bertz CT molecular complexity index is 1060. The fourth-order valence-corrected chi connectivity index (χ4v) is 2.51. The molecule has 0 atom stereocenters. The van der Waals surface area contributed by atoms with Crippen LogP contribution in [0.1, 0.15) is 16.2 Å². The highest BCUT2D eigenvalue weighted by Gasteiger charge is 2.11. The predicted molar refractivity (Wildman–Crippen MR) is 92.1 cm³/mol. The molecule has 4 aromatic rings. The molecule has 0 saturated carbocycles. The van der Waals surface area contributed by atoms with E-state index in [1.165, 1.54) is 7.11 Å². The maximum absolute atomic E-state index is 12.5. The van der Waals surface area contributed by atoms with E-state index >= 15 is 0 Å². The zero-order valence-corrected chi connectivity index (χ0v) is 13.9. The molecule has 9 heteroatoms. The van der Waals surface area contributed by atoms with Crippen LogP contribution in [-0.2, 0) is 6.54 Å². The Morgan fingerprint density at radius 3 is 2.92 bits per heavy atom. The van der Waals surface area contributed by atoms with Gasteiger partial charge >= 0.3 is 0 Å². The molecule has 1 amide bonds. The quantitative estimate of drug-likeness (QED) is 0.582. The molecule has 4 rings (SSSR count). The van der Waals surface area contributed by atoms with Gasteiger partial charge in [-0.3, -0.25) is 4.79 Å². The third-order valence-electron chi connectivity index (χ3n) is 3.80. The number of hydrogen-bond acceptors (Lipinski definition) is 6. The van der Waals surface area contributed by atoms with Gasteiger partial charge in [0.15, 0.2) is 11.5 Å². The molecule has 0 aliphatic rings. The summed E-state index contributed by atoms with van der Waals surface area (Å²) < 4.78 is 8.34. The number of carbonyl (C=O) groups is 1. The number of benzene rings is 1. The number of nitrogens with zero attached hydrogens (tertiary/aromatic N) is 6. The van der Waals surface area contributed by atoms with Crippen LogP contribution in [0.2, 0.25) is 0 Å². The van der Waals surface area contributed by atoms with Crippen LogP contribution in [-0.4, -0.2) is 42.6 Å². The number of carbonyl (C=O) groups excluding carboxylic acids is 1. The van der Waals surface area contributed by atoms with Crippen LogP contribution in [0, 0.1) is 0 Å². The fraction of sp³-hybridized carbons (Fsp3) is 0.118. The van der Waals surface area contributed by atoms with Crippen LogP contribution >= 0.6 is 0 Å². The van der Waals surface area contributed by atoms with Crippen molar-refractivity contribution in [2.75, 3.05) is 7.11 Å². The van der Waals surface area contributed by atoms with Crippen LogP contribution in [0.15, 0.2) is 54.9 Å². The normalized spacial score (nSPS) is 10.8. The summed E-state index contributed by atoms with van der Waals surface area (Å²) in [5, 5.41) is 19.3. The molecule has 0 aliphatic heterocycles. The van der Waals surface area contributed by atoms with Crippen LogP contribution in [0.25, 0.3) is 11.3 Å². The summed E-state index contributed by atoms with van der Waals surface area (Å²) in [6.45, 7) is 0.187. The Morgan fingerprint density at radius 1 is 1.19 bits per heavy atom. The van der Waals surface area contributed by atoms with E-state index in [1.807, 2.05) is 24.4 Å². The van der Waals surface area contributed by atoms with Crippen LogP contribution in [0.4, 0.5) is 0 Å². The van der Waals surface area contributed by atoms with Gasteiger partial charge in [0.25, 0.3) is 5.91 Å². The van der Waals surface area contributed by atoms with Gasteiger partial charge in [-0.1, -0.05) is 6.07 Å². The molecular formula is C17H15N7O2. The van der Waals surface area contributed by atoms with Crippen LogP contribution in [0.5, 0.6) is 5.88 Å². The molecule has 0 fully saturated rings. The van der Waals surface area contributed by atoms with E-state index in [2.05, 4.69) is 25.7 Å². The summed E-state index contributed by atoms with van der Waals surface area (Å²) in [7, 11) is 1.53. The number of aromatic nitrogens is 6. The second-order valence-corrected chi connectivity index (χ2v) is 5.45. The average molecular weight is 349 g/mol. The maximum atomic E-state index is 12.5. The van der Waals surface area contributed by atoms with Crippen LogP contribution < -0.4 is 10.1 Å². The lowest BCUT2D eigenvalue weighted by atomic mass is 10.2. The zero-order valence-electron chi connectivity index (χ0n) is 13.9. The Labute approximate surface area is 148 Å². The number of methoxy groups -OCH3 is 1. The largest absolute Gasteiger partial charge is 0.480 e. The van der Waals surface area contributed by atoms with E-state index in [-0.39, 0.29) is 12.5 Å². The van der Waals surface area contributed by atoms with Gasteiger partial charge in [-0.05, 0) is 30.3 Å². The van der Waals surface area contributed by atoms with E-state index in [0.717, 1.165) is 5.69 Å². The third kappa shape index (κ3) is 2.97. The molecule has 3 aromatic heterocycles. The van der Waals surface area contributed by atoms with Crippen molar-refractivity contribution in [2.24, 2.45) is 0 Å². The summed E-state index contributed by atoms with van der Waals surface area (Å²) in [6, 6.07) is 12.5. The van der Waals surface area contributed by atoms with E-state index in [4.69, 9.17) is 4.74 Å². The molecule has 26 heavy (non-hydrogen) atoms. The molecule has 1 N–H and O–H groups in total. The first-order valence-electron chi connectivity index (χ1n) is 7.88. The number of fused-ring (bicyclic) bond motifs is 1. The SMILES string of the molecule is COc1ccc2nnc(CNC(=O)c3cccc(-n4cccn4)c3)n2n1. The Hall–Kier alpha value is -3.75. The van der Waals surface area contributed by atoms with E-state index in [1.54, 1.807) is 39.7 Å². The van der Waals surface area contributed by atoms with Crippen molar-refractivity contribution in [3.8, 4) is 11.6 Å². The molecule has 1 aromatic carbocycles. The number of hydrogen-bond donors (Lipinski definition) is 1. The fourth-order valence-electron chi connectivity index (χ4n) is 2.51. The van der Waals surface area contributed by atoms with Gasteiger partial charge in [-0.25, -0.2) is 4.68 Å². The number of rotatable bonds is 5. The lowest BCUT2D eigenvalue weighted by Gasteiger charge is -2.07. The lowest BCUT2D eigenvalue weighted by molar-refractivity contribution is 0.0949. The van der Waals surface area contributed by atoms with Gasteiger partial charge in [0.2, 0.25) is 5.88 Å². The van der Waals surface area contributed by atoms with E-state index in [0.29, 0.717) is 22.9 Å². The topological polar surface area (TPSA) is 99.2 Å². The van der Waals surface area contributed by atoms with Crippen molar-refractivity contribution < 1.29 is 9.53 Å². The Kier molecular flexibility index (Phi) is 4.02. The minimum absolute atomic E-state index is 0.187. The van der Waals surface area contributed by atoms with E-state index < -0.39 is 0 Å². The van der Waals surface area contributed by atoms with Crippen LogP contribution in [0.3, 0.4) is 0 Å². The first kappa shape index (κ1) is 15.8. The highest BCUT2D eigenvalue weighted by molar-refractivity contribution is 5.94. The Morgan fingerprint density at radius 2 is 2.12 bits per heavy atom. The van der Waals surface area contributed by atoms with E-state index in [9.17, 15) is 4.79 Å². The minimum atomic E-state index is -0.223. The second-order valence-electron chi connectivity index (χ2n) is 5.45. The van der Waals surface area contributed by atoms with Crippen molar-refractivity contribution in [3.05, 3.63) is 66.2 Å². The van der Waals surface area contributed by atoms with Crippen molar-refractivity contribution in [1.82, 2.24) is 34.9 Å². The maximum Gasteiger partial charge on any atom is 0.251 e. The number of ether oxygens (including phenoxy) is 1. The lowest BCUT2D eigenvalue weighted by Crippen LogP contribution is -2.24. The van der Waals surface area contributed by atoms with Crippen molar-refractivity contribution in [3.63, 3.8) is 0 Å². The zero-order chi connectivity index (χ0) is 17.9. The highest BCUT2D eigenvalue weighted by atomic mass is 16.5. The first-order chi connectivity index (χ1) is 12.7. The molecule has 9 nitrogen and oxygen atoms in total. The highest BCUT2D eigenvalue weighted by Crippen LogP contribution is 2.11. The molecule has 0 spiro atoms. The summed E-state index contributed by atoms with van der Waals surface area (Å²) in [5.41, 5.74) is 1.91. The summed E-state index contributed by atoms with van der Waals surface area (Å²) in [5.74, 6) is 0.728. The van der Waals surface area contributed by atoms with Gasteiger partial charge in [0, 0.05) is 24.0 Å². The molecule has 0 radical (unpaired) electrons. The third-order valence-corrected chi connectivity index (χ3v) is 3.80. The Balaban J connectivity index is 1.52. The van der Waals surface area contributed by atoms with Crippen molar-refractivity contribution in [2.45, 2.75) is 6.54 Å². The summed E-state index contributed by atoms with van der Waals surface area (Å²) >= 11 is 0. The first-order valence-corrected chi connectivity index (χ1v) is 7.88. The average Bonchev–Trinajstić information content (AvgIpc) is 3.36. The van der Waals surface area contributed by atoms with Crippen molar-refractivity contribution in [1.29, 1.82) is 0 Å². The van der Waals surface area contributed by atoms with Gasteiger partial charge in [0.05, 0.1) is 19.3 Å². The molecule has 0 unspecified atom stereocenters. The van der Waals surface area contributed by atoms with Gasteiger partial charge in [-0.2, -0.15) is 9.61 Å². The van der Waals surface area contributed by atoms with Gasteiger partial charge in [-0.15, -0.1) is 15.3 Å². The molecule has 0 saturated heterocycles. The molecule has 130 valence electrons. The van der Waals surface area contributed by atoms with Gasteiger partial charge in [0.1, 0.15) is 0 Å². The van der Waals surface area contributed by atoms with Gasteiger partial charge < -0.3 is 10.1 Å². The number of nitrogens with one attached hydrogen (secondary N) is 1. The smallest absolute Gasteiger partial charge is 0.251 e. The molecule has 0 bridgehead atoms. The molecule has 0 aliphatic carbocycles. The second kappa shape index (κ2) is 6.63. The molecular weight excluding hydrogens is 334 g/mol. The van der Waals surface area contributed by atoms with Crippen molar-refractivity contribution >= 4 is 11.6 Å². The minimum Gasteiger partial charge on any atom is -0.480 e. The monoisotopic (exact) mass is 349 g/mol. The predicted octanol–water partition coefficient (Wildman–Crippen LogP) is 1.25. The number of amides is 1.